The van der Waals surface area contributed by atoms with Crippen molar-refractivity contribution >= 4 is 17.6 Å². The number of carbonyl (C=O) groups excluding carboxylic acids is 1. The number of benzene rings is 1. The highest BCUT2D eigenvalue weighted by atomic mass is 16.4. The summed E-state index contributed by atoms with van der Waals surface area (Å²) >= 11 is 0. The normalized spacial score (nSPS) is 10.1. The number of anilines is 1. The Balaban J connectivity index is 2.11. The van der Waals surface area contributed by atoms with Crippen LogP contribution in [0, 0.1) is 0 Å². The molecule has 0 saturated heterocycles. The molecule has 0 unspecified atom stereocenters. The number of aliphatic carboxylic acids is 1. The van der Waals surface area contributed by atoms with Crippen molar-refractivity contribution in [2.45, 2.75) is 12.8 Å². The number of nitrogens with one attached hydrogen (secondary N) is 2. The Hall–Kier alpha value is -2.63. The maximum Gasteiger partial charge on any atom is 0.303 e. The van der Waals surface area contributed by atoms with E-state index in [0.29, 0.717) is 17.8 Å². The van der Waals surface area contributed by atoms with Crippen molar-refractivity contribution in [1.82, 2.24) is 9.97 Å². The molecular weight excluding hydrogens is 246 g/mol. The second-order valence-corrected chi connectivity index (χ2v) is 3.97. The zero-order chi connectivity index (χ0) is 13.7. The summed E-state index contributed by atoms with van der Waals surface area (Å²) in [5.74, 6) is -1.17. The molecule has 1 heterocycles. The second-order valence-electron chi connectivity index (χ2n) is 3.97. The van der Waals surface area contributed by atoms with Crippen LogP contribution in [0.25, 0.3) is 0 Å². The molecule has 0 radical (unpaired) electrons. The number of nitrogens with zero attached hydrogens (tertiary/aromatic N) is 1. The number of hydrogen-bond donors (Lipinski definition) is 3. The highest BCUT2D eigenvalue weighted by Crippen LogP contribution is 2.17. The van der Waals surface area contributed by atoms with Crippen LogP contribution in [0.1, 0.15) is 22.5 Å². The number of aromatic nitrogens is 2. The molecule has 6 nitrogen and oxygen atoms in total. The van der Waals surface area contributed by atoms with E-state index in [0.717, 1.165) is 5.56 Å². The lowest BCUT2D eigenvalue weighted by atomic mass is 10.1. The molecule has 6 heteroatoms. The van der Waals surface area contributed by atoms with Crippen LogP contribution >= 0.6 is 0 Å². The number of para-hydroxylation sites is 1. The van der Waals surface area contributed by atoms with Crippen LogP contribution in [0.5, 0.6) is 0 Å². The molecule has 0 fully saturated rings. The summed E-state index contributed by atoms with van der Waals surface area (Å²) in [7, 11) is 0. The van der Waals surface area contributed by atoms with Gasteiger partial charge in [-0.3, -0.25) is 9.59 Å². The molecule has 2 rings (SSSR count). The van der Waals surface area contributed by atoms with Crippen molar-refractivity contribution in [3.63, 3.8) is 0 Å². The molecule has 0 saturated carbocycles. The van der Waals surface area contributed by atoms with E-state index in [1.807, 2.05) is 6.07 Å². The summed E-state index contributed by atoms with van der Waals surface area (Å²) in [6.07, 6.45) is 3.24. The minimum Gasteiger partial charge on any atom is -0.481 e. The average Bonchev–Trinajstić information content (AvgIpc) is 2.91. The Morgan fingerprint density at radius 1 is 1.32 bits per heavy atom. The SMILES string of the molecule is O=C(O)CCc1ccccc1NC(=O)c1cnc[nH]1. The highest BCUT2D eigenvalue weighted by Gasteiger charge is 2.10. The first-order valence-electron chi connectivity index (χ1n) is 5.76. The van der Waals surface area contributed by atoms with Crippen LogP contribution in [-0.4, -0.2) is 27.0 Å². The van der Waals surface area contributed by atoms with Gasteiger partial charge in [0.25, 0.3) is 5.91 Å². The minimum absolute atomic E-state index is 0.0247. The van der Waals surface area contributed by atoms with E-state index < -0.39 is 5.97 Å². The number of carboxylic acid groups (broad SMARTS) is 1. The molecule has 0 spiro atoms. The van der Waals surface area contributed by atoms with Crippen molar-refractivity contribution < 1.29 is 14.7 Å². The van der Waals surface area contributed by atoms with E-state index in [9.17, 15) is 9.59 Å². The van der Waals surface area contributed by atoms with E-state index >= 15 is 0 Å². The Kier molecular flexibility index (Phi) is 3.92. The first-order chi connectivity index (χ1) is 9.16. The Morgan fingerprint density at radius 3 is 2.79 bits per heavy atom. The summed E-state index contributed by atoms with van der Waals surface area (Å²) in [6.45, 7) is 0. The third kappa shape index (κ3) is 3.41. The third-order valence-corrected chi connectivity index (χ3v) is 2.62. The zero-order valence-electron chi connectivity index (χ0n) is 10.1. The predicted molar refractivity (Wildman–Crippen MR) is 68.9 cm³/mol. The summed E-state index contributed by atoms with van der Waals surface area (Å²) in [5.41, 5.74) is 1.76. The second kappa shape index (κ2) is 5.81. The molecular formula is C13H13N3O3. The zero-order valence-corrected chi connectivity index (χ0v) is 10.1. The molecule has 19 heavy (non-hydrogen) atoms. The summed E-state index contributed by atoms with van der Waals surface area (Å²) in [4.78, 5) is 28.9. The van der Waals surface area contributed by atoms with E-state index in [-0.39, 0.29) is 12.3 Å². The van der Waals surface area contributed by atoms with Crippen LogP contribution in [0.2, 0.25) is 0 Å². The van der Waals surface area contributed by atoms with Gasteiger partial charge in [-0.05, 0) is 18.1 Å². The van der Waals surface area contributed by atoms with Crippen LogP contribution < -0.4 is 5.32 Å². The van der Waals surface area contributed by atoms with Crippen molar-refractivity contribution in [2.24, 2.45) is 0 Å². The number of aromatic amines is 1. The maximum atomic E-state index is 11.9. The van der Waals surface area contributed by atoms with Crippen LogP contribution in [0.4, 0.5) is 5.69 Å². The fraction of sp³-hybridized carbons (Fsp3) is 0.154. The third-order valence-electron chi connectivity index (χ3n) is 2.62. The quantitative estimate of drug-likeness (QED) is 0.761. The fourth-order valence-corrected chi connectivity index (χ4v) is 1.67. The van der Waals surface area contributed by atoms with Gasteiger partial charge in [-0.2, -0.15) is 0 Å². The molecule has 0 aliphatic heterocycles. The van der Waals surface area contributed by atoms with E-state index in [2.05, 4.69) is 15.3 Å². The van der Waals surface area contributed by atoms with Gasteiger partial charge in [-0.1, -0.05) is 18.2 Å². The number of hydrogen-bond acceptors (Lipinski definition) is 3. The van der Waals surface area contributed by atoms with E-state index in [1.54, 1.807) is 18.2 Å². The number of carbonyl (C=O) groups is 2. The Bertz CT molecular complexity index is 579. The van der Waals surface area contributed by atoms with E-state index in [4.69, 9.17) is 5.11 Å². The summed E-state index contributed by atoms with van der Waals surface area (Å²) in [5, 5.41) is 11.4. The number of amides is 1. The van der Waals surface area contributed by atoms with Gasteiger partial charge in [0.05, 0.1) is 12.5 Å². The van der Waals surface area contributed by atoms with Gasteiger partial charge in [0.15, 0.2) is 0 Å². The lowest BCUT2D eigenvalue weighted by Crippen LogP contribution is -2.14. The topological polar surface area (TPSA) is 95.1 Å². The van der Waals surface area contributed by atoms with Gasteiger partial charge in [-0.15, -0.1) is 0 Å². The monoisotopic (exact) mass is 259 g/mol. The van der Waals surface area contributed by atoms with Gasteiger partial charge < -0.3 is 15.4 Å². The standard InChI is InChI=1S/C13H13N3O3/c17-12(18)6-5-9-3-1-2-4-10(9)16-13(19)11-7-14-8-15-11/h1-4,7-8H,5-6H2,(H,14,15)(H,16,19)(H,17,18). The summed E-state index contributed by atoms with van der Waals surface area (Å²) in [6, 6.07) is 7.13. The van der Waals surface area contributed by atoms with Gasteiger partial charge in [0.1, 0.15) is 5.69 Å². The smallest absolute Gasteiger partial charge is 0.303 e. The minimum atomic E-state index is -0.866. The predicted octanol–water partition coefficient (Wildman–Crippen LogP) is 1.68. The van der Waals surface area contributed by atoms with E-state index in [1.165, 1.54) is 12.5 Å². The van der Waals surface area contributed by atoms with Gasteiger partial charge in [-0.25, -0.2) is 4.98 Å². The van der Waals surface area contributed by atoms with Crippen molar-refractivity contribution in [1.29, 1.82) is 0 Å². The Morgan fingerprint density at radius 2 is 2.11 bits per heavy atom. The first-order valence-corrected chi connectivity index (χ1v) is 5.76. The molecule has 0 atom stereocenters. The van der Waals surface area contributed by atoms with Gasteiger partial charge >= 0.3 is 5.97 Å². The lowest BCUT2D eigenvalue weighted by Gasteiger charge is -2.09. The molecule has 1 amide bonds. The number of aryl methyl sites for hydroxylation is 1. The number of H-pyrrole nitrogens is 1. The maximum absolute atomic E-state index is 11.9. The lowest BCUT2D eigenvalue weighted by molar-refractivity contribution is -0.136. The molecule has 98 valence electrons. The van der Waals surface area contributed by atoms with Crippen molar-refractivity contribution in [3.8, 4) is 0 Å². The largest absolute Gasteiger partial charge is 0.481 e. The Labute approximate surface area is 109 Å². The van der Waals surface area contributed by atoms with Crippen LogP contribution in [0.3, 0.4) is 0 Å². The summed E-state index contributed by atoms with van der Waals surface area (Å²) < 4.78 is 0. The molecule has 0 aliphatic rings. The van der Waals surface area contributed by atoms with Gasteiger partial charge in [0, 0.05) is 12.1 Å². The van der Waals surface area contributed by atoms with Gasteiger partial charge in [0.2, 0.25) is 0 Å². The average molecular weight is 259 g/mol. The highest BCUT2D eigenvalue weighted by molar-refractivity contribution is 6.03. The number of imidazole rings is 1. The molecule has 1 aromatic heterocycles. The van der Waals surface area contributed by atoms with Crippen LogP contribution in [-0.2, 0) is 11.2 Å². The first kappa shape index (κ1) is 12.8. The molecule has 0 aliphatic carbocycles. The fourth-order valence-electron chi connectivity index (χ4n) is 1.67. The molecule has 0 bridgehead atoms. The molecule has 2 aromatic rings. The van der Waals surface area contributed by atoms with Crippen molar-refractivity contribution in [3.05, 3.63) is 48.0 Å². The van der Waals surface area contributed by atoms with Crippen molar-refractivity contribution in [2.75, 3.05) is 5.32 Å². The van der Waals surface area contributed by atoms with Crippen LogP contribution in [0.15, 0.2) is 36.8 Å². The number of rotatable bonds is 5. The number of carboxylic acids is 1. The molecule has 1 aromatic carbocycles. The molecule has 3 N–H and O–H groups in total.